The van der Waals surface area contributed by atoms with Crippen molar-refractivity contribution in [2.24, 2.45) is 10.7 Å². The van der Waals surface area contributed by atoms with Crippen molar-refractivity contribution < 1.29 is 49.4 Å². The van der Waals surface area contributed by atoms with Crippen molar-refractivity contribution >= 4 is 29.6 Å². The molecule has 0 spiro atoms. The topological polar surface area (TPSA) is 146 Å². The number of carbonyl (C=O) groups is 2. The summed E-state index contributed by atoms with van der Waals surface area (Å²) in [5, 5.41) is 9.13. The second-order valence-electron chi connectivity index (χ2n) is 13.3. The lowest BCUT2D eigenvalue weighted by Crippen LogP contribution is -2.50. The second kappa shape index (κ2) is 13.9. The summed E-state index contributed by atoms with van der Waals surface area (Å²) in [6.07, 6.45) is -7.59. The van der Waals surface area contributed by atoms with Crippen molar-refractivity contribution in [3.8, 4) is 16.8 Å². The molecular weight excluding hydrogens is 758 g/mol. The fourth-order valence-electron chi connectivity index (χ4n) is 6.24. The fourth-order valence-corrected chi connectivity index (χ4v) is 6.44. The number of nitrogens with one attached hydrogen (secondary N) is 1. The smallest absolute Gasteiger partial charge is 0.411 e. The number of alkyl halides is 8. The molecule has 0 unspecified atom stereocenters. The number of hydrogen-bond donors (Lipinski definition) is 2. The number of carbonyl (C=O) groups excluding carboxylic acids is 2. The van der Waals surface area contributed by atoms with Gasteiger partial charge in [0.1, 0.15) is 24.1 Å². The molecule has 2 aliphatic rings. The van der Waals surface area contributed by atoms with Crippen molar-refractivity contribution in [1.29, 1.82) is 0 Å². The van der Waals surface area contributed by atoms with Gasteiger partial charge in [-0.15, -0.1) is 0 Å². The van der Waals surface area contributed by atoms with E-state index in [0.717, 1.165) is 22.1 Å². The number of rotatable bonds is 12. The van der Waals surface area contributed by atoms with E-state index in [2.05, 4.69) is 20.2 Å². The first-order valence-corrected chi connectivity index (χ1v) is 16.4. The highest BCUT2D eigenvalue weighted by Gasteiger charge is 2.64. The predicted molar refractivity (Wildman–Crippen MR) is 175 cm³/mol. The third-order valence-corrected chi connectivity index (χ3v) is 9.29. The molecule has 2 amide bonds. The highest BCUT2D eigenvalue weighted by atomic mass is 35.5. The van der Waals surface area contributed by atoms with Crippen LogP contribution in [0.5, 0.6) is 0 Å². The molecular formula is C33H30ClF8N9O3. The third-order valence-electron chi connectivity index (χ3n) is 8.97. The van der Waals surface area contributed by atoms with Crippen LogP contribution in [0.1, 0.15) is 69.1 Å². The van der Waals surface area contributed by atoms with E-state index < -0.39 is 78.8 Å². The van der Waals surface area contributed by atoms with Crippen LogP contribution < -0.4 is 11.1 Å². The maximum atomic E-state index is 15.6. The van der Waals surface area contributed by atoms with E-state index in [-0.39, 0.29) is 34.7 Å². The number of aromatic nitrogens is 5. The highest BCUT2D eigenvalue weighted by molar-refractivity contribution is 6.32. The minimum atomic E-state index is -4.78. The second-order valence-corrected chi connectivity index (χ2v) is 13.7. The van der Waals surface area contributed by atoms with Crippen molar-refractivity contribution in [3.63, 3.8) is 0 Å². The summed E-state index contributed by atoms with van der Waals surface area (Å²) in [4.78, 5) is 36.3. The third kappa shape index (κ3) is 7.30. The largest absolute Gasteiger partial charge is 0.447 e. The number of aliphatic imine (C=N–C) groups is 1. The van der Waals surface area contributed by atoms with Gasteiger partial charge in [-0.25, -0.2) is 37.3 Å². The molecule has 1 fully saturated rings. The first kappa shape index (κ1) is 38.5. The molecule has 2 atom stereocenters. The summed E-state index contributed by atoms with van der Waals surface area (Å²) < 4.78 is 117. The number of benzene rings is 2. The van der Waals surface area contributed by atoms with Gasteiger partial charge in [0.05, 0.1) is 22.9 Å². The van der Waals surface area contributed by atoms with Crippen LogP contribution in [-0.2, 0) is 15.1 Å². The Hall–Kier alpha value is -5.27. The van der Waals surface area contributed by atoms with E-state index in [9.17, 15) is 40.3 Å². The molecule has 288 valence electrons. The zero-order valence-electron chi connectivity index (χ0n) is 28.2. The summed E-state index contributed by atoms with van der Waals surface area (Å²) in [5.41, 5.74) is 0.422. The fraction of sp³-hybridized carbons (Fsp3) is 0.394. The standard InChI is InChI=1S/C33H30ClF8N9O3/c1-30(2,39)15-32(20-6-3-17(4-7-20)19-12-45-49(13-19)27(37)38)26(52)50(28(43)47-32)23(14-54-29(53)48-31(9-10-31)33(40,41)42)18-5-8-21(34)22(11-18)51-25(24(35)36)44-16-46-51/h3-8,11-13,16,23-24,27H,9-10,14-15H2,1-2H3,(H2,43,47)(H,48,53)/t23-,32-/m1/s1. The lowest BCUT2D eigenvalue weighted by molar-refractivity contribution is -0.164. The molecule has 1 saturated carbocycles. The molecule has 4 aromatic rings. The van der Waals surface area contributed by atoms with Gasteiger partial charge in [0, 0.05) is 18.2 Å². The van der Waals surface area contributed by atoms with E-state index >= 15 is 4.39 Å². The van der Waals surface area contributed by atoms with E-state index in [1.807, 2.05) is 5.32 Å². The van der Waals surface area contributed by atoms with Gasteiger partial charge in [0.25, 0.3) is 12.3 Å². The average Bonchev–Trinajstić information content (AvgIpc) is 3.40. The Morgan fingerprint density at radius 2 is 1.72 bits per heavy atom. The Morgan fingerprint density at radius 1 is 1.04 bits per heavy atom. The Bertz CT molecular complexity index is 2080. The van der Waals surface area contributed by atoms with Gasteiger partial charge in [-0.2, -0.15) is 32.1 Å². The summed E-state index contributed by atoms with van der Waals surface area (Å²) in [6, 6.07) is 8.05. The minimum Gasteiger partial charge on any atom is -0.447 e. The van der Waals surface area contributed by atoms with Crippen molar-refractivity contribution in [2.45, 2.75) is 75.0 Å². The van der Waals surface area contributed by atoms with Gasteiger partial charge < -0.3 is 15.8 Å². The van der Waals surface area contributed by atoms with Crippen molar-refractivity contribution in [2.75, 3.05) is 6.61 Å². The van der Waals surface area contributed by atoms with E-state index in [1.165, 1.54) is 62.5 Å². The van der Waals surface area contributed by atoms with Crippen molar-refractivity contribution in [3.05, 3.63) is 83.2 Å². The Kier molecular flexibility index (Phi) is 9.87. The normalized spacial score (nSPS) is 19.0. The number of hydrogen-bond acceptors (Lipinski definition) is 8. The first-order chi connectivity index (χ1) is 25.2. The summed E-state index contributed by atoms with van der Waals surface area (Å²) >= 11 is 6.36. The first-order valence-electron chi connectivity index (χ1n) is 16.1. The van der Waals surface area contributed by atoms with Crippen molar-refractivity contribution in [1.82, 2.24) is 34.8 Å². The monoisotopic (exact) mass is 787 g/mol. The number of amides is 2. The van der Waals surface area contributed by atoms with Gasteiger partial charge in [-0.3, -0.25) is 9.69 Å². The molecule has 0 bridgehead atoms. The van der Waals surface area contributed by atoms with Gasteiger partial charge in [-0.05, 0) is 55.5 Å². The van der Waals surface area contributed by atoms with Crippen LogP contribution in [0.2, 0.25) is 5.02 Å². The quantitative estimate of drug-likeness (QED) is 0.145. The van der Waals surface area contributed by atoms with E-state index in [0.29, 0.717) is 15.8 Å². The molecule has 1 aliphatic heterocycles. The van der Waals surface area contributed by atoms with Crippen LogP contribution in [-0.4, -0.2) is 71.4 Å². The Morgan fingerprint density at radius 3 is 2.30 bits per heavy atom. The van der Waals surface area contributed by atoms with E-state index in [1.54, 1.807) is 0 Å². The zero-order valence-corrected chi connectivity index (χ0v) is 28.9. The molecule has 2 aromatic heterocycles. The molecule has 12 nitrogen and oxygen atoms in total. The minimum absolute atomic E-state index is 0.0167. The average molecular weight is 788 g/mol. The van der Waals surface area contributed by atoms with Crippen LogP contribution in [0.3, 0.4) is 0 Å². The molecule has 54 heavy (non-hydrogen) atoms. The predicted octanol–water partition coefficient (Wildman–Crippen LogP) is 7.17. The summed E-state index contributed by atoms with van der Waals surface area (Å²) in [6.45, 7) is -1.38. The van der Waals surface area contributed by atoms with Crippen LogP contribution in [0.4, 0.5) is 39.9 Å². The molecule has 1 aliphatic carbocycles. The summed E-state index contributed by atoms with van der Waals surface area (Å²) in [7, 11) is 0. The lowest BCUT2D eigenvalue weighted by Gasteiger charge is -2.33. The maximum absolute atomic E-state index is 15.6. The number of alkyl carbamates (subject to hydrolysis) is 1. The SMILES string of the molecule is CC(C)(F)C[C@]1(c2ccc(-c3cnn(C(F)F)c3)cc2)N=C(N)N([C@H](COC(=O)NC2(C(F)(F)F)CC2)c2ccc(Cl)c(-n3ncnc3C(F)F)c2)C1=O. The lowest BCUT2D eigenvalue weighted by atomic mass is 9.80. The van der Waals surface area contributed by atoms with Gasteiger partial charge in [0.15, 0.2) is 17.3 Å². The summed E-state index contributed by atoms with van der Waals surface area (Å²) in [5.74, 6) is -2.26. The number of halogens is 9. The van der Waals surface area contributed by atoms with Gasteiger partial charge in [-0.1, -0.05) is 41.9 Å². The molecule has 6 rings (SSSR count). The molecule has 2 aromatic carbocycles. The van der Waals surface area contributed by atoms with Gasteiger partial charge in [0.2, 0.25) is 0 Å². The molecule has 3 heterocycles. The van der Waals surface area contributed by atoms with Gasteiger partial charge >= 0.3 is 18.8 Å². The molecule has 21 heteroatoms. The zero-order chi connectivity index (χ0) is 39.4. The highest BCUT2D eigenvalue weighted by Crippen LogP contribution is 2.49. The number of nitrogens with zero attached hydrogens (tertiary/aromatic N) is 7. The van der Waals surface area contributed by atoms with Crippen LogP contribution in [0.25, 0.3) is 16.8 Å². The maximum Gasteiger partial charge on any atom is 0.411 e. The number of ether oxygens (including phenoxy) is 1. The van der Waals surface area contributed by atoms with Crippen LogP contribution >= 0.6 is 11.6 Å². The molecule has 0 radical (unpaired) electrons. The molecule has 0 saturated heterocycles. The molecule has 3 N–H and O–H groups in total. The number of nitrogens with two attached hydrogens (primary N) is 1. The Balaban J connectivity index is 1.40. The van der Waals surface area contributed by atoms with Crippen LogP contribution in [0, 0.1) is 0 Å². The Labute approximate surface area is 305 Å². The van der Waals surface area contributed by atoms with E-state index in [4.69, 9.17) is 22.1 Å². The number of guanidine groups is 1. The van der Waals surface area contributed by atoms with Crippen LogP contribution in [0.15, 0.2) is 66.2 Å².